The molecule has 1 aliphatic heterocycles. The highest BCUT2D eigenvalue weighted by Crippen LogP contribution is 2.49. The average Bonchev–Trinajstić information content (AvgIpc) is 3.18. The Hall–Kier alpha value is -0.610. The third-order valence-electron chi connectivity index (χ3n) is 4.44. The summed E-state index contributed by atoms with van der Waals surface area (Å²) in [6, 6.07) is 0.684. The van der Waals surface area contributed by atoms with E-state index in [4.69, 9.17) is 5.11 Å². The van der Waals surface area contributed by atoms with Gasteiger partial charge in [0.05, 0.1) is 6.04 Å². The van der Waals surface area contributed by atoms with E-state index in [-0.39, 0.29) is 18.1 Å². The van der Waals surface area contributed by atoms with Crippen LogP contribution in [0.3, 0.4) is 0 Å². The van der Waals surface area contributed by atoms with E-state index in [1.165, 1.54) is 25.7 Å². The lowest BCUT2D eigenvalue weighted by atomic mass is 10.0. The average molecular weight is 238 g/mol. The molecule has 2 saturated carbocycles. The van der Waals surface area contributed by atoms with Crippen molar-refractivity contribution in [1.82, 2.24) is 10.2 Å². The van der Waals surface area contributed by atoms with Crippen LogP contribution in [0.1, 0.15) is 38.5 Å². The quantitative estimate of drug-likeness (QED) is 0.708. The maximum absolute atomic E-state index is 12.2. The molecule has 1 heterocycles. The first-order valence-corrected chi connectivity index (χ1v) is 6.88. The summed E-state index contributed by atoms with van der Waals surface area (Å²) in [5.41, 5.74) is 0.263. The van der Waals surface area contributed by atoms with E-state index < -0.39 is 0 Å². The van der Waals surface area contributed by atoms with E-state index in [2.05, 4.69) is 5.32 Å². The summed E-state index contributed by atoms with van der Waals surface area (Å²) in [7, 11) is 0. The van der Waals surface area contributed by atoms with E-state index in [1.54, 1.807) is 0 Å². The van der Waals surface area contributed by atoms with E-state index >= 15 is 0 Å². The Labute approximate surface area is 102 Å². The first kappa shape index (κ1) is 11.5. The van der Waals surface area contributed by atoms with Gasteiger partial charge in [0.25, 0.3) is 0 Å². The third kappa shape index (κ3) is 2.47. The molecule has 0 aromatic rings. The number of nitrogens with zero attached hydrogens (tertiary/aromatic N) is 1. The van der Waals surface area contributed by atoms with Crippen molar-refractivity contribution in [2.24, 2.45) is 5.41 Å². The highest BCUT2D eigenvalue weighted by atomic mass is 16.3. The van der Waals surface area contributed by atoms with Gasteiger partial charge in [0.1, 0.15) is 0 Å². The number of carbonyl (C=O) groups excluding carboxylic acids is 1. The van der Waals surface area contributed by atoms with Gasteiger partial charge in [0.2, 0.25) is 5.91 Å². The Balaban J connectivity index is 1.52. The van der Waals surface area contributed by atoms with Gasteiger partial charge in [-0.3, -0.25) is 4.79 Å². The molecule has 3 fully saturated rings. The Morgan fingerprint density at radius 3 is 2.71 bits per heavy atom. The monoisotopic (exact) mass is 238 g/mol. The van der Waals surface area contributed by atoms with Crippen molar-refractivity contribution in [3.05, 3.63) is 0 Å². The molecule has 96 valence electrons. The van der Waals surface area contributed by atoms with Crippen LogP contribution >= 0.6 is 0 Å². The molecule has 4 nitrogen and oxygen atoms in total. The minimum atomic E-state index is 0.0763. The molecule has 0 aromatic heterocycles. The number of likely N-dealkylation sites (tertiary alicyclic amines) is 1. The lowest BCUT2D eigenvalue weighted by molar-refractivity contribution is -0.130. The Morgan fingerprint density at radius 2 is 2.12 bits per heavy atom. The Kier molecular flexibility index (Phi) is 2.87. The predicted molar refractivity (Wildman–Crippen MR) is 64.5 cm³/mol. The van der Waals surface area contributed by atoms with Crippen molar-refractivity contribution >= 4 is 5.91 Å². The van der Waals surface area contributed by atoms with Crippen LogP contribution in [0, 0.1) is 5.41 Å². The lowest BCUT2D eigenvalue weighted by Gasteiger charge is -2.23. The SMILES string of the molecule is O=C1C(NC2CC2)CCN1CC1(CCO)CC1. The number of aliphatic hydroxyl groups excluding tert-OH is 1. The van der Waals surface area contributed by atoms with E-state index in [9.17, 15) is 4.79 Å². The van der Waals surface area contributed by atoms with Crippen molar-refractivity contribution in [2.45, 2.75) is 50.6 Å². The number of hydrogen-bond acceptors (Lipinski definition) is 3. The summed E-state index contributed by atoms with van der Waals surface area (Å²) < 4.78 is 0. The molecule has 2 N–H and O–H groups in total. The van der Waals surface area contributed by atoms with Gasteiger partial charge in [-0.25, -0.2) is 0 Å². The number of nitrogens with one attached hydrogen (secondary N) is 1. The van der Waals surface area contributed by atoms with Crippen LogP contribution in [0.4, 0.5) is 0 Å². The van der Waals surface area contributed by atoms with Crippen LogP contribution < -0.4 is 5.32 Å². The largest absolute Gasteiger partial charge is 0.396 e. The van der Waals surface area contributed by atoms with Gasteiger partial charge in [0, 0.05) is 25.7 Å². The van der Waals surface area contributed by atoms with Gasteiger partial charge in [-0.15, -0.1) is 0 Å². The first-order valence-electron chi connectivity index (χ1n) is 6.88. The zero-order valence-electron chi connectivity index (χ0n) is 10.3. The Morgan fingerprint density at radius 1 is 1.35 bits per heavy atom. The van der Waals surface area contributed by atoms with Gasteiger partial charge >= 0.3 is 0 Å². The minimum absolute atomic E-state index is 0.0763. The predicted octanol–water partition coefficient (Wildman–Crippen LogP) is 0.502. The molecule has 4 heteroatoms. The number of aliphatic hydroxyl groups is 1. The molecule has 1 atom stereocenters. The number of amides is 1. The maximum atomic E-state index is 12.2. The zero-order valence-corrected chi connectivity index (χ0v) is 10.3. The second-order valence-corrected chi connectivity index (χ2v) is 6.02. The molecule has 0 radical (unpaired) electrons. The van der Waals surface area contributed by atoms with Gasteiger partial charge in [0.15, 0.2) is 0 Å². The summed E-state index contributed by atoms with van der Waals surface area (Å²) in [6.45, 7) is 2.03. The minimum Gasteiger partial charge on any atom is -0.396 e. The van der Waals surface area contributed by atoms with Crippen LogP contribution in [-0.2, 0) is 4.79 Å². The molecule has 17 heavy (non-hydrogen) atoms. The molecular weight excluding hydrogens is 216 g/mol. The summed E-state index contributed by atoms with van der Waals surface area (Å²) >= 11 is 0. The molecular formula is C13H22N2O2. The third-order valence-corrected chi connectivity index (χ3v) is 4.44. The Bertz CT molecular complexity index is 311. The van der Waals surface area contributed by atoms with Crippen LogP contribution in [0.25, 0.3) is 0 Å². The first-order chi connectivity index (χ1) is 8.22. The van der Waals surface area contributed by atoms with Crippen molar-refractivity contribution < 1.29 is 9.90 Å². The molecule has 1 unspecified atom stereocenters. The summed E-state index contributed by atoms with van der Waals surface area (Å²) in [5, 5.41) is 12.5. The molecule has 0 bridgehead atoms. The number of carbonyl (C=O) groups is 1. The number of hydrogen-bond donors (Lipinski definition) is 2. The second kappa shape index (κ2) is 4.25. The highest BCUT2D eigenvalue weighted by molar-refractivity contribution is 5.84. The van der Waals surface area contributed by atoms with Gasteiger partial charge in [-0.1, -0.05) is 0 Å². The van der Waals surface area contributed by atoms with Crippen LogP contribution in [-0.4, -0.2) is 47.7 Å². The molecule has 0 aromatic carbocycles. The second-order valence-electron chi connectivity index (χ2n) is 6.02. The molecule has 3 rings (SSSR count). The summed E-state index contributed by atoms with van der Waals surface area (Å²) in [6.07, 6.45) is 6.65. The van der Waals surface area contributed by atoms with Crippen molar-refractivity contribution in [3.8, 4) is 0 Å². The maximum Gasteiger partial charge on any atom is 0.239 e. The standard InChI is InChI=1S/C13H22N2O2/c16-8-6-13(4-5-13)9-15-7-3-11(12(15)17)14-10-1-2-10/h10-11,14,16H,1-9H2. The lowest BCUT2D eigenvalue weighted by Crippen LogP contribution is -2.41. The smallest absolute Gasteiger partial charge is 0.239 e. The van der Waals surface area contributed by atoms with Crippen molar-refractivity contribution in [1.29, 1.82) is 0 Å². The molecule has 0 spiro atoms. The van der Waals surface area contributed by atoms with Crippen LogP contribution in [0.5, 0.6) is 0 Å². The fourth-order valence-electron chi connectivity index (χ4n) is 2.89. The normalized spacial score (nSPS) is 31.0. The summed E-state index contributed by atoms with van der Waals surface area (Å²) in [5.74, 6) is 0.293. The molecule has 1 amide bonds. The van der Waals surface area contributed by atoms with Gasteiger partial charge in [-0.05, 0) is 43.9 Å². The van der Waals surface area contributed by atoms with Crippen LogP contribution in [0.15, 0.2) is 0 Å². The molecule has 1 saturated heterocycles. The fraction of sp³-hybridized carbons (Fsp3) is 0.923. The topological polar surface area (TPSA) is 52.6 Å². The van der Waals surface area contributed by atoms with Crippen molar-refractivity contribution in [2.75, 3.05) is 19.7 Å². The highest BCUT2D eigenvalue weighted by Gasteiger charge is 2.46. The number of rotatable bonds is 6. The van der Waals surface area contributed by atoms with E-state index in [0.29, 0.717) is 11.9 Å². The van der Waals surface area contributed by atoms with Crippen molar-refractivity contribution in [3.63, 3.8) is 0 Å². The van der Waals surface area contributed by atoms with Crippen LogP contribution in [0.2, 0.25) is 0 Å². The molecule has 3 aliphatic rings. The van der Waals surface area contributed by atoms with Gasteiger partial charge in [-0.2, -0.15) is 0 Å². The summed E-state index contributed by atoms with van der Waals surface area (Å²) in [4.78, 5) is 14.2. The molecule has 2 aliphatic carbocycles. The van der Waals surface area contributed by atoms with Gasteiger partial charge < -0.3 is 15.3 Å². The fourth-order valence-corrected chi connectivity index (χ4v) is 2.89. The van der Waals surface area contributed by atoms with E-state index in [0.717, 1.165) is 25.9 Å². The zero-order chi connectivity index (χ0) is 11.9. The van der Waals surface area contributed by atoms with E-state index in [1.807, 2.05) is 4.90 Å².